The van der Waals surface area contributed by atoms with Crippen LogP contribution in [0.5, 0.6) is 0 Å². The van der Waals surface area contributed by atoms with Gasteiger partial charge >= 0.3 is 0 Å². The average molecular weight is 187 g/mol. The van der Waals surface area contributed by atoms with Crippen LogP contribution in [0, 0.1) is 0 Å². The standard InChI is InChI=1S/C6H14N2.2ClH/c1-6-2-3-7-4-5-8-6;;/h6-8H,2-5H2,1H3;2*1H/t6-;;/m0../s1. The van der Waals surface area contributed by atoms with E-state index in [1.54, 1.807) is 0 Å². The highest BCUT2D eigenvalue weighted by Crippen LogP contribution is 1.89. The molecule has 0 spiro atoms. The first-order chi connectivity index (χ1) is 3.89. The van der Waals surface area contributed by atoms with Crippen molar-refractivity contribution in [1.29, 1.82) is 0 Å². The van der Waals surface area contributed by atoms with Crippen molar-refractivity contribution < 1.29 is 0 Å². The maximum atomic E-state index is 3.38. The monoisotopic (exact) mass is 186 g/mol. The second kappa shape index (κ2) is 7.61. The molecule has 0 aromatic rings. The first-order valence-corrected chi connectivity index (χ1v) is 3.33. The van der Waals surface area contributed by atoms with Crippen LogP contribution < -0.4 is 10.6 Å². The first kappa shape index (κ1) is 13.1. The molecule has 0 radical (unpaired) electrons. The molecule has 1 aliphatic heterocycles. The molecule has 1 saturated heterocycles. The van der Waals surface area contributed by atoms with Gasteiger partial charge in [-0.05, 0) is 19.9 Å². The topological polar surface area (TPSA) is 24.1 Å². The Hall–Kier alpha value is 0.500. The molecule has 2 nitrogen and oxygen atoms in total. The van der Waals surface area contributed by atoms with Gasteiger partial charge in [-0.25, -0.2) is 0 Å². The molecule has 1 atom stereocenters. The largest absolute Gasteiger partial charge is 0.315 e. The Labute approximate surface area is 75.0 Å². The van der Waals surface area contributed by atoms with Crippen molar-refractivity contribution in [2.75, 3.05) is 19.6 Å². The summed E-state index contributed by atoms with van der Waals surface area (Å²) in [4.78, 5) is 0. The Morgan fingerprint density at radius 3 is 2.50 bits per heavy atom. The van der Waals surface area contributed by atoms with Crippen molar-refractivity contribution in [2.24, 2.45) is 0 Å². The summed E-state index contributed by atoms with van der Waals surface area (Å²) in [6.07, 6.45) is 1.26. The van der Waals surface area contributed by atoms with Crippen molar-refractivity contribution >= 4 is 24.8 Å². The molecular formula is C6H16Cl2N2. The molecule has 0 saturated carbocycles. The molecule has 1 aliphatic rings. The summed E-state index contributed by atoms with van der Waals surface area (Å²) in [6.45, 7) is 5.66. The van der Waals surface area contributed by atoms with E-state index in [1.165, 1.54) is 13.0 Å². The highest BCUT2D eigenvalue weighted by atomic mass is 35.5. The molecule has 4 heteroatoms. The van der Waals surface area contributed by atoms with Crippen LogP contribution in [0.3, 0.4) is 0 Å². The minimum absolute atomic E-state index is 0. The summed E-state index contributed by atoms with van der Waals surface area (Å²) >= 11 is 0. The lowest BCUT2D eigenvalue weighted by Gasteiger charge is -2.05. The zero-order chi connectivity index (χ0) is 5.82. The molecule has 0 aromatic heterocycles. The Kier molecular flexibility index (Phi) is 9.97. The van der Waals surface area contributed by atoms with Crippen molar-refractivity contribution in [3.8, 4) is 0 Å². The van der Waals surface area contributed by atoms with Gasteiger partial charge in [0.15, 0.2) is 0 Å². The minimum atomic E-state index is 0. The number of halogens is 2. The quantitative estimate of drug-likeness (QED) is 0.586. The third kappa shape index (κ3) is 5.30. The molecule has 0 aliphatic carbocycles. The van der Waals surface area contributed by atoms with Crippen LogP contribution in [-0.4, -0.2) is 25.7 Å². The van der Waals surface area contributed by atoms with E-state index in [-0.39, 0.29) is 24.8 Å². The maximum absolute atomic E-state index is 3.38. The van der Waals surface area contributed by atoms with Crippen LogP contribution in [0.2, 0.25) is 0 Å². The molecule has 1 heterocycles. The molecule has 1 fully saturated rings. The van der Waals surface area contributed by atoms with E-state index in [9.17, 15) is 0 Å². The highest BCUT2D eigenvalue weighted by Gasteiger charge is 2.02. The molecule has 0 aromatic carbocycles. The lowest BCUT2D eigenvalue weighted by molar-refractivity contribution is 0.565. The third-order valence-corrected chi connectivity index (χ3v) is 1.55. The van der Waals surface area contributed by atoms with Crippen molar-refractivity contribution in [3.63, 3.8) is 0 Å². The fourth-order valence-corrected chi connectivity index (χ4v) is 0.953. The maximum Gasteiger partial charge on any atom is 0.00792 e. The normalized spacial score (nSPS) is 25.5. The zero-order valence-electron chi connectivity index (χ0n) is 6.22. The number of hydrogen-bond donors (Lipinski definition) is 2. The average Bonchev–Trinajstić information content (AvgIpc) is 1.94. The number of rotatable bonds is 0. The van der Waals surface area contributed by atoms with Crippen LogP contribution in [0.15, 0.2) is 0 Å². The van der Waals surface area contributed by atoms with Gasteiger partial charge in [0.1, 0.15) is 0 Å². The lowest BCUT2D eigenvalue weighted by atomic mass is 10.2. The Bertz CT molecular complexity index is 62.8. The summed E-state index contributed by atoms with van der Waals surface area (Å²) in [5.74, 6) is 0. The summed E-state index contributed by atoms with van der Waals surface area (Å²) in [7, 11) is 0. The SMILES string of the molecule is C[C@H]1CCNCCN1.Cl.Cl. The third-order valence-electron chi connectivity index (χ3n) is 1.55. The van der Waals surface area contributed by atoms with Gasteiger partial charge in [0.05, 0.1) is 0 Å². The fourth-order valence-electron chi connectivity index (χ4n) is 0.953. The molecular weight excluding hydrogens is 171 g/mol. The molecule has 1 rings (SSSR count). The molecule has 0 amide bonds. The summed E-state index contributed by atoms with van der Waals surface area (Å²) in [5, 5.41) is 6.70. The van der Waals surface area contributed by atoms with E-state index >= 15 is 0 Å². The lowest BCUT2D eigenvalue weighted by Crippen LogP contribution is -2.26. The molecule has 10 heavy (non-hydrogen) atoms. The smallest absolute Gasteiger partial charge is 0.00792 e. The Morgan fingerprint density at radius 1 is 1.10 bits per heavy atom. The van der Waals surface area contributed by atoms with Crippen LogP contribution >= 0.6 is 24.8 Å². The predicted octanol–water partition coefficient (Wildman–Crippen LogP) is 0.801. The minimum Gasteiger partial charge on any atom is -0.315 e. The van der Waals surface area contributed by atoms with E-state index < -0.39 is 0 Å². The summed E-state index contributed by atoms with van der Waals surface area (Å²) < 4.78 is 0. The van der Waals surface area contributed by atoms with Crippen molar-refractivity contribution in [1.82, 2.24) is 10.6 Å². The van der Waals surface area contributed by atoms with Gasteiger partial charge in [-0.2, -0.15) is 0 Å². The molecule has 2 N–H and O–H groups in total. The van der Waals surface area contributed by atoms with E-state index in [2.05, 4.69) is 17.6 Å². The fraction of sp³-hybridized carbons (Fsp3) is 1.00. The van der Waals surface area contributed by atoms with Crippen LogP contribution in [0.1, 0.15) is 13.3 Å². The number of nitrogens with one attached hydrogen (secondary N) is 2. The van der Waals surface area contributed by atoms with Gasteiger partial charge in [-0.15, -0.1) is 24.8 Å². The summed E-state index contributed by atoms with van der Waals surface area (Å²) in [6, 6.07) is 0.713. The summed E-state index contributed by atoms with van der Waals surface area (Å²) in [5.41, 5.74) is 0. The van der Waals surface area contributed by atoms with Crippen LogP contribution in [0.4, 0.5) is 0 Å². The van der Waals surface area contributed by atoms with E-state index in [0.29, 0.717) is 6.04 Å². The second-order valence-electron chi connectivity index (χ2n) is 2.39. The van der Waals surface area contributed by atoms with Crippen molar-refractivity contribution in [2.45, 2.75) is 19.4 Å². The van der Waals surface area contributed by atoms with Crippen LogP contribution in [-0.2, 0) is 0 Å². The van der Waals surface area contributed by atoms with E-state index in [0.717, 1.165) is 13.1 Å². The van der Waals surface area contributed by atoms with Gasteiger partial charge in [0.25, 0.3) is 0 Å². The Balaban J connectivity index is 0. The Morgan fingerprint density at radius 2 is 1.80 bits per heavy atom. The van der Waals surface area contributed by atoms with Crippen molar-refractivity contribution in [3.05, 3.63) is 0 Å². The molecule has 0 bridgehead atoms. The zero-order valence-corrected chi connectivity index (χ0v) is 7.86. The number of hydrogen-bond acceptors (Lipinski definition) is 2. The van der Waals surface area contributed by atoms with Crippen LogP contribution in [0.25, 0.3) is 0 Å². The van der Waals surface area contributed by atoms with E-state index in [4.69, 9.17) is 0 Å². The molecule has 64 valence electrons. The van der Waals surface area contributed by atoms with Gasteiger partial charge in [0.2, 0.25) is 0 Å². The second-order valence-corrected chi connectivity index (χ2v) is 2.39. The highest BCUT2D eigenvalue weighted by molar-refractivity contribution is 5.85. The van der Waals surface area contributed by atoms with Gasteiger partial charge in [-0.3, -0.25) is 0 Å². The first-order valence-electron chi connectivity index (χ1n) is 3.33. The van der Waals surface area contributed by atoms with Gasteiger partial charge in [0, 0.05) is 19.1 Å². The van der Waals surface area contributed by atoms with Gasteiger partial charge in [-0.1, -0.05) is 0 Å². The molecule has 0 unspecified atom stereocenters. The predicted molar refractivity (Wildman–Crippen MR) is 49.4 cm³/mol. The van der Waals surface area contributed by atoms with E-state index in [1.807, 2.05) is 0 Å². The van der Waals surface area contributed by atoms with Gasteiger partial charge < -0.3 is 10.6 Å².